The maximum Gasteiger partial charge on any atom is 0.416 e. The maximum absolute atomic E-state index is 12.9. The van der Waals surface area contributed by atoms with Crippen LogP contribution >= 0.6 is 0 Å². The van der Waals surface area contributed by atoms with Crippen LogP contribution in [0.2, 0.25) is 0 Å². The van der Waals surface area contributed by atoms with E-state index in [1.165, 1.54) is 32.0 Å². The van der Waals surface area contributed by atoms with Crippen molar-refractivity contribution >= 4 is 19.9 Å². The van der Waals surface area contributed by atoms with Crippen molar-refractivity contribution in [1.82, 2.24) is 4.72 Å². The first-order valence-electron chi connectivity index (χ1n) is 8.55. The van der Waals surface area contributed by atoms with Gasteiger partial charge < -0.3 is 9.47 Å². The summed E-state index contributed by atoms with van der Waals surface area (Å²) in [6.45, 7) is 1.84. The second-order valence-electron chi connectivity index (χ2n) is 7.13. The second-order valence-corrected chi connectivity index (χ2v) is 11.5. The Labute approximate surface area is 171 Å². The molecule has 0 fully saturated rings. The van der Waals surface area contributed by atoms with Crippen molar-refractivity contribution in [2.45, 2.75) is 34.6 Å². The highest BCUT2D eigenvalue weighted by atomic mass is 32.2. The van der Waals surface area contributed by atoms with Crippen molar-refractivity contribution in [1.29, 1.82) is 0 Å². The Hall–Kier alpha value is -2.31. The summed E-state index contributed by atoms with van der Waals surface area (Å²) in [5.74, 6) is 0.607. The fourth-order valence-corrected chi connectivity index (χ4v) is 5.41. The topological polar surface area (TPSA) is 98.8 Å². The second kappa shape index (κ2) is 7.43. The van der Waals surface area contributed by atoms with E-state index < -0.39 is 47.8 Å². The Bertz CT molecular complexity index is 1170. The van der Waals surface area contributed by atoms with Crippen molar-refractivity contribution in [3.8, 4) is 11.5 Å². The van der Waals surface area contributed by atoms with Gasteiger partial charge in [0, 0.05) is 12.6 Å². The van der Waals surface area contributed by atoms with Gasteiger partial charge in [0.05, 0.1) is 20.1 Å². The Morgan fingerprint density at radius 1 is 0.933 bits per heavy atom. The number of sulfone groups is 1. The average Bonchev–Trinajstić information content (AvgIpc) is 3.14. The first-order chi connectivity index (χ1) is 13.7. The molecule has 30 heavy (non-hydrogen) atoms. The van der Waals surface area contributed by atoms with Crippen LogP contribution in [0.3, 0.4) is 0 Å². The monoisotopic (exact) mass is 465 g/mol. The summed E-state index contributed by atoms with van der Waals surface area (Å²) < 4.78 is 100. The molecule has 3 rings (SSSR count). The van der Waals surface area contributed by atoms with E-state index in [9.17, 15) is 30.0 Å². The SMILES string of the molecule is CC(C)(CNS(=O)(=O)c1ccc2c(c1)OCO2)S(=O)(=O)c1cccc(C(F)(F)F)c1. The third kappa shape index (κ3) is 4.25. The lowest BCUT2D eigenvalue weighted by Gasteiger charge is -2.25. The van der Waals surface area contributed by atoms with Crippen molar-refractivity contribution in [2.75, 3.05) is 13.3 Å². The number of alkyl halides is 3. The molecule has 1 aliphatic rings. The first kappa shape index (κ1) is 22.4. The van der Waals surface area contributed by atoms with Gasteiger partial charge in [0.25, 0.3) is 0 Å². The van der Waals surface area contributed by atoms with Crippen molar-refractivity contribution in [3.63, 3.8) is 0 Å². The molecule has 7 nitrogen and oxygen atoms in total. The highest BCUT2D eigenvalue weighted by molar-refractivity contribution is 7.93. The zero-order valence-electron chi connectivity index (χ0n) is 15.9. The van der Waals surface area contributed by atoms with Crippen molar-refractivity contribution < 1.29 is 39.5 Å². The molecule has 0 atom stereocenters. The van der Waals surface area contributed by atoms with Gasteiger partial charge in [0.1, 0.15) is 0 Å². The van der Waals surface area contributed by atoms with Gasteiger partial charge in [-0.3, -0.25) is 0 Å². The summed E-state index contributed by atoms with van der Waals surface area (Å²) in [7, 11) is -8.43. The quantitative estimate of drug-likeness (QED) is 0.704. The molecular formula is C18H18F3NO6S2. The number of sulfonamides is 1. The zero-order chi connectivity index (χ0) is 22.4. The molecule has 0 aromatic heterocycles. The number of halogens is 3. The molecule has 164 valence electrons. The van der Waals surface area contributed by atoms with Gasteiger partial charge in [0.2, 0.25) is 16.8 Å². The van der Waals surface area contributed by atoms with Crippen LogP contribution in [0, 0.1) is 0 Å². The van der Waals surface area contributed by atoms with Crippen LogP contribution in [0.4, 0.5) is 13.2 Å². The molecule has 2 aromatic rings. The van der Waals surface area contributed by atoms with Crippen LogP contribution < -0.4 is 14.2 Å². The maximum atomic E-state index is 12.9. The molecule has 1 N–H and O–H groups in total. The molecule has 1 heterocycles. The highest BCUT2D eigenvalue weighted by Gasteiger charge is 2.39. The molecule has 12 heteroatoms. The van der Waals surface area contributed by atoms with Gasteiger partial charge >= 0.3 is 6.18 Å². The van der Waals surface area contributed by atoms with Crippen LogP contribution in [-0.2, 0) is 26.0 Å². The highest BCUT2D eigenvalue weighted by Crippen LogP contribution is 2.35. The number of fused-ring (bicyclic) bond motifs is 1. The Balaban J connectivity index is 1.83. The predicted molar refractivity (Wildman–Crippen MR) is 100 cm³/mol. The minimum atomic E-state index is -4.71. The number of hydrogen-bond acceptors (Lipinski definition) is 6. The Kier molecular flexibility index (Phi) is 5.54. The van der Waals surface area contributed by atoms with Crippen molar-refractivity contribution in [2.24, 2.45) is 0 Å². The molecular weight excluding hydrogens is 447 g/mol. The van der Waals surface area contributed by atoms with Crippen LogP contribution in [0.5, 0.6) is 11.5 Å². The molecule has 0 radical (unpaired) electrons. The fourth-order valence-electron chi connectivity index (χ4n) is 2.65. The molecule has 0 saturated carbocycles. The normalized spacial score (nSPS) is 14.7. The lowest BCUT2D eigenvalue weighted by Crippen LogP contribution is -2.44. The van der Waals surface area contributed by atoms with Gasteiger partial charge in [-0.2, -0.15) is 13.2 Å². The summed E-state index contributed by atoms with van der Waals surface area (Å²) >= 11 is 0. The number of nitrogens with one attached hydrogen (secondary N) is 1. The van der Waals surface area contributed by atoms with E-state index in [2.05, 4.69) is 4.72 Å². The standard InChI is InChI=1S/C18H18F3NO6S2/c1-17(2,29(23,24)13-5-3-4-12(8-13)18(19,20)21)10-22-30(25,26)14-6-7-15-16(9-14)28-11-27-15/h3-9,22H,10-11H2,1-2H3. The summed E-state index contributed by atoms with van der Waals surface area (Å²) in [6, 6.07) is 7.23. The third-order valence-electron chi connectivity index (χ3n) is 4.54. The van der Waals surface area contributed by atoms with Gasteiger partial charge in [-0.1, -0.05) is 6.07 Å². The van der Waals surface area contributed by atoms with E-state index in [-0.39, 0.29) is 17.4 Å². The minimum Gasteiger partial charge on any atom is -0.454 e. The third-order valence-corrected chi connectivity index (χ3v) is 8.41. The molecule has 1 aliphatic heterocycles. The lowest BCUT2D eigenvalue weighted by molar-refractivity contribution is -0.137. The van der Waals surface area contributed by atoms with E-state index in [1.807, 2.05) is 0 Å². The summed E-state index contributed by atoms with van der Waals surface area (Å²) in [6.07, 6.45) is -4.71. The van der Waals surface area contributed by atoms with E-state index >= 15 is 0 Å². The summed E-state index contributed by atoms with van der Waals surface area (Å²) in [5.41, 5.74) is -1.11. The Morgan fingerprint density at radius 2 is 1.60 bits per heavy atom. The Morgan fingerprint density at radius 3 is 2.27 bits per heavy atom. The molecule has 0 amide bonds. The largest absolute Gasteiger partial charge is 0.454 e. The van der Waals surface area contributed by atoms with Crippen LogP contribution in [0.25, 0.3) is 0 Å². The van der Waals surface area contributed by atoms with E-state index in [0.29, 0.717) is 11.8 Å². The van der Waals surface area contributed by atoms with Crippen LogP contribution in [0.1, 0.15) is 19.4 Å². The first-order valence-corrected chi connectivity index (χ1v) is 11.5. The van der Waals surface area contributed by atoms with Crippen LogP contribution in [-0.4, -0.2) is 34.9 Å². The lowest BCUT2D eigenvalue weighted by atomic mass is 10.2. The molecule has 0 saturated heterocycles. The zero-order valence-corrected chi connectivity index (χ0v) is 17.5. The van der Waals surface area contributed by atoms with Gasteiger partial charge in [-0.25, -0.2) is 21.6 Å². The number of benzene rings is 2. The van der Waals surface area contributed by atoms with Crippen molar-refractivity contribution in [3.05, 3.63) is 48.0 Å². The molecule has 0 aliphatic carbocycles. The fraction of sp³-hybridized carbons (Fsp3) is 0.333. The number of rotatable bonds is 6. The number of ether oxygens (including phenoxy) is 2. The van der Waals surface area contributed by atoms with Gasteiger partial charge in [0.15, 0.2) is 21.3 Å². The van der Waals surface area contributed by atoms with E-state index in [4.69, 9.17) is 9.47 Å². The van der Waals surface area contributed by atoms with Crippen LogP contribution in [0.15, 0.2) is 52.3 Å². The van der Waals surface area contributed by atoms with Gasteiger partial charge in [-0.05, 0) is 44.2 Å². The van der Waals surface area contributed by atoms with E-state index in [0.717, 1.165) is 18.2 Å². The number of hydrogen-bond donors (Lipinski definition) is 1. The summed E-state index contributed by atoms with van der Waals surface area (Å²) in [5, 5.41) is 0. The average molecular weight is 465 g/mol. The minimum absolute atomic E-state index is 0.0471. The van der Waals surface area contributed by atoms with E-state index in [1.54, 1.807) is 0 Å². The molecule has 0 bridgehead atoms. The molecule has 0 spiro atoms. The predicted octanol–water partition coefficient (Wildman–Crippen LogP) is 2.96. The van der Waals surface area contributed by atoms with Gasteiger partial charge in [-0.15, -0.1) is 0 Å². The molecule has 0 unspecified atom stereocenters. The molecule has 2 aromatic carbocycles. The summed E-state index contributed by atoms with van der Waals surface area (Å²) in [4.78, 5) is -0.719. The smallest absolute Gasteiger partial charge is 0.416 e.